The lowest BCUT2D eigenvalue weighted by Gasteiger charge is -2.23. The Bertz CT molecular complexity index is 1140. The highest BCUT2D eigenvalue weighted by atomic mass is 19.3. The molecule has 1 aliphatic heterocycles. The van der Waals surface area contributed by atoms with E-state index in [2.05, 4.69) is 15.6 Å². The van der Waals surface area contributed by atoms with Crippen LogP contribution in [0, 0.1) is 0 Å². The topological polar surface area (TPSA) is 152 Å². The van der Waals surface area contributed by atoms with Gasteiger partial charge >= 0.3 is 17.7 Å². The van der Waals surface area contributed by atoms with Gasteiger partial charge in [-0.25, -0.2) is 9.59 Å². The molecule has 4 N–H and O–H groups in total. The van der Waals surface area contributed by atoms with Crippen molar-refractivity contribution in [1.29, 1.82) is 0 Å². The Morgan fingerprint density at radius 1 is 1.25 bits per heavy atom. The van der Waals surface area contributed by atoms with Crippen LogP contribution in [-0.4, -0.2) is 68.1 Å². The van der Waals surface area contributed by atoms with Crippen LogP contribution in [0.3, 0.4) is 0 Å². The zero-order valence-corrected chi connectivity index (χ0v) is 19.9. The van der Waals surface area contributed by atoms with E-state index in [0.717, 1.165) is 17.8 Å². The summed E-state index contributed by atoms with van der Waals surface area (Å²) in [5.41, 5.74) is -1.27. The van der Waals surface area contributed by atoms with Gasteiger partial charge in [-0.1, -0.05) is 30.3 Å². The molecule has 4 atom stereocenters. The average Bonchev–Trinajstić information content (AvgIpc) is 3.01. The van der Waals surface area contributed by atoms with Gasteiger partial charge in [0.25, 0.3) is 0 Å². The minimum atomic E-state index is -3.87. The number of hydrogen-bond donors (Lipinski definition) is 4. The molecule has 1 aliphatic rings. The monoisotopic (exact) mass is 510 g/mol. The molecule has 0 spiro atoms. The van der Waals surface area contributed by atoms with Crippen LogP contribution in [0.4, 0.5) is 19.4 Å². The van der Waals surface area contributed by atoms with E-state index in [9.17, 15) is 28.3 Å². The highest BCUT2D eigenvalue weighted by Crippen LogP contribution is 2.41. The minimum Gasteiger partial charge on any atom is -0.444 e. The number of benzene rings is 1. The third kappa shape index (κ3) is 6.42. The van der Waals surface area contributed by atoms with Crippen LogP contribution in [0.2, 0.25) is 0 Å². The number of alkyl halides is 2. The van der Waals surface area contributed by atoms with Crippen LogP contribution in [-0.2, 0) is 20.7 Å². The van der Waals surface area contributed by atoms with Crippen molar-refractivity contribution in [3.8, 4) is 0 Å². The van der Waals surface area contributed by atoms with Crippen LogP contribution in [0.25, 0.3) is 0 Å². The number of nitrogens with one attached hydrogen (secondary N) is 2. The van der Waals surface area contributed by atoms with E-state index in [1.54, 1.807) is 51.1 Å². The van der Waals surface area contributed by atoms with E-state index >= 15 is 0 Å². The Morgan fingerprint density at radius 3 is 2.47 bits per heavy atom. The van der Waals surface area contributed by atoms with E-state index in [-0.39, 0.29) is 12.2 Å². The maximum absolute atomic E-state index is 14.4. The molecule has 1 aromatic heterocycles. The molecule has 196 valence electrons. The molecular weight excluding hydrogens is 482 g/mol. The van der Waals surface area contributed by atoms with Gasteiger partial charge < -0.3 is 30.3 Å². The lowest BCUT2D eigenvalue weighted by Crippen LogP contribution is -2.47. The maximum atomic E-state index is 14.4. The summed E-state index contributed by atoms with van der Waals surface area (Å²) in [5, 5.41) is 23.7. The highest BCUT2D eigenvalue weighted by molar-refractivity contribution is 5.96. The van der Waals surface area contributed by atoms with Crippen LogP contribution in [0.1, 0.15) is 32.6 Å². The van der Waals surface area contributed by atoms with Gasteiger partial charge in [-0.2, -0.15) is 13.8 Å². The molecule has 2 aromatic rings. The zero-order valence-electron chi connectivity index (χ0n) is 19.9. The SMILES string of the molecule is CC(C)(C)OC(=O)NC(Cc1ccccc1)C(=O)Nc1ccn([C@H]2O[C@@H](CO)[C@H](O)C2(F)F)c(=O)n1. The molecular formula is C23H28F2N4O7. The first-order chi connectivity index (χ1) is 16.8. The van der Waals surface area contributed by atoms with Crippen molar-refractivity contribution in [2.75, 3.05) is 11.9 Å². The summed E-state index contributed by atoms with van der Waals surface area (Å²) in [4.78, 5) is 41.3. The van der Waals surface area contributed by atoms with Gasteiger partial charge in [0.15, 0.2) is 6.10 Å². The fourth-order valence-corrected chi connectivity index (χ4v) is 3.50. The van der Waals surface area contributed by atoms with Gasteiger partial charge in [-0.15, -0.1) is 0 Å². The third-order valence-corrected chi connectivity index (χ3v) is 5.18. The molecule has 3 rings (SSSR count). The molecule has 0 bridgehead atoms. The van der Waals surface area contributed by atoms with Gasteiger partial charge in [0.05, 0.1) is 6.61 Å². The normalized spacial score (nSPS) is 22.0. The zero-order chi connectivity index (χ0) is 26.7. The molecule has 0 saturated carbocycles. The van der Waals surface area contributed by atoms with Crippen molar-refractivity contribution in [3.05, 3.63) is 58.6 Å². The largest absolute Gasteiger partial charge is 0.444 e. The number of carbonyl (C=O) groups excluding carboxylic acids is 2. The number of amides is 2. The second kappa shape index (κ2) is 10.7. The fraction of sp³-hybridized carbons (Fsp3) is 0.478. The number of carbonyl (C=O) groups is 2. The molecule has 1 saturated heterocycles. The van der Waals surface area contributed by atoms with Crippen LogP contribution in [0.15, 0.2) is 47.4 Å². The second-order valence-corrected chi connectivity index (χ2v) is 9.21. The number of hydrogen-bond acceptors (Lipinski definition) is 8. The number of ether oxygens (including phenoxy) is 2. The van der Waals surface area contributed by atoms with E-state index in [0.29, 0.717) is 4.57 Å². The Balaban J connectivity index is 1.78. The van der Waals surface area contributed by atoms with Crippen LogP contribution < -0.4 is 16.3 Å². The van der Waals surface area contributed by atoms with Crippen molar-refractivity contribution in [2.24, 2.45) is 0 Å². The molecule has 1 fully saturated rings. The molecule has 1 unspecified atom stereocenters. The molecule has 13 heteroatoms. The third-order valence-electron chi connectivity index (χ3n) is 5.18. The molecule has 0 radical (unpaired) electrons. The van der Waals surface area contributed by atoms with Crippen molar-refractivity contribution in [2.45, 2.75) is 63.2 Å². The van der Waals surface area contributed by atoms with E-state index in [1.165, 1.54) is 0 Å². The van der Waals surface area contributed by atoms with Gasteiger partial charge in [-0.3, -0.25) is 9.36 Å². The molecule has 2 amide bonds. The second-order valence-electron chi connectivity index (χ2n) is 9.21. The summed E-state index contributed by atoms with van der Waals surface area (Å²) in [6.45, 7) is 4.11. The Morgan fingerprint density at radius 2 is 1.92 bits per heavy atom. The average molecular weight is 510 g/mol. The highest BCUT2D eigenvalue weighted by Gasteiger charge is 2.59. The smallest absolute Gasteiger partial charge is 0.408 e. The number of alkyl carbamates (subject to hydrolysis) is 1. The first kappa shape index (κ1) is 27.2. The summed E-state index contributed by atoms with van der Waals surface area (Å²) in [6, 6.07) is 8.80. The Labute approximate surface area is 205 Å². The van der Waals surface area contributed by atoms with Crippen molar-refractivity contribution >= 4 is 17.8 Å². The number of aliphatic hydroxyl groups excluding tert-OH is 2. The summed E-state index contributed by atoms with van der Waals surface area (Å²) in [5.74, 6) is -4.86. The standard InChI is InChI=1S/C23H28F2N4O7/c1-22(2,3)36-21(34)26-14(11-13-7-5-4-6-8-13)18(32)27-16-9-10-29(20(33)28-16)19-23(24,25)17(31)15(12-30)35-19/h4-10,14-15,17,19,30-31H,11-12H2,1-3H3,(H,26,34)(H,27,28,32,33)/t14?,15-,17-,19-/m0/s1. The number of rotatable bonds is 7. The number of anilines is 1. The molecule has 1 aromatic carbocycles. The lowest BCUT2D eigenvalue weighted by atomic mass is 10.1. The van der Waals surface area contributed by atoms with Crippen LogP contribution in [0.5, 0.6) is 0 Å². The fourth-order valence-electron chi connectivity index (χ4n) is 3.50. The summed E-state index contributed by atoms with van der Waals surface area (Å²) in [6.07, 6.45) is -5.94. The van der Waals surface area contributed by atoms with E-state index < -0.39 is 60.3 Å². The summed E-state index contributed by atoms with van der Waals surface area (Å²) < 4.78 is 39.4. The van der Waals surface area contributed by atoms with Gasteiger partial charge in [-0.05, 0) is 32.4 Å². The van der Waals surface area contributed by atoms with E-state index in [4.69, 9.17) is 14.6 Å². The first-order valence-electron chi connectivity index (χ1n) is 11.1. The van der Waals surface area contributed by atoms with Crippen molar-refractivity contribution < 1.29 is 38.1 Å². The van der Waals surface area contributed by atoms with Gasteiger partial charge in [0.1, 0.15) is 23.6 Å². The summed E-state index contributed by atoms with van der Waals surface area (Å²) in [7, 11) is 0. The predicted octanol–water partition coefficient (Wildman–Crippen LogP) is 1.20. The Hall–Kier alpha value is -3.42. The minimum absolute atomic E-state index is 0.0888. The van der Waals surface area contributed by atoms with Gasteiger partial charge in [0, 0.05) is 12.6 Å². The summed E-state index contributed by atoms with van der Waals surface area (Å²) >= 11 is 0. The lowest BCUT2D eigenvalue weighted by molar-refractivity contribution is -0.141. The number of aromatic nitrogens is 2. The molecule has 0 aliphatic carbocycles. The molecule has 2 heterocycles. The van der Waals surface area contributed by atoms with Gasteiger partial charge in [0.2, 0.25) is 12.1 Å². The first-order valence-corrected chi connectivity index (χ1v) is 11.1. The Kier molecular flexibility index (Phi) is 8.06. The number of aliphatic hydroxyl groups is 2. The molecule has 11 nitrogen and oxygen atoms in total. The quantitative estimate of drug-likeness (QED) is 0.434. The van der Waals surface area contributed by atoms with Crippen molar-refractivity contribution in [1.82, 2.24) is 14.9 Å². The van der Waals surface area contributed by atoms with Crippen molar-refractivity contribution in [3.63, 3.8) is 0 Å². The molecule has 36 heavy (non-hydrogen) atoms. The number of halogens is 2. The predicted molar refractivity (Wildman–Crippen MR) is 122 cm³/mol. The maximum Gasteiger partial charge on any atom is 0.408 e. The van der Waals surface area contributed by atoms with Crippen LogP contribution >= 0.6 is 0 Å². The van der Waals surface area contributed by atoms with E-state index in [1.807, 2.05) is 0 Å². The number of nitrogens with zero attached hydrogens (tertiary/aromatic N) is 2.